The molecule has 2 aromatic carbocycles. The molecule has 0 radical (unpaired) electrons. The van der Waals surface area contributed by atoms with Crippen molar-refractivity contribution in [3.8, 4) is 11.3 Å². The van der Waals surface area contributed by atoms with E-state index >= 15 is 0 Å². The third-order valence-corrected chi connectivity index (χ3v) is 5.61. The van der Waals surface area contributed by atoms with Crippen molar-refractivity contribution in [3.05, 3.63) is 82.6 Å². The van der Waals surface area contributed by atoms with Gasteiger partial charge in [0.05, 0.1) is 29.8 Å². The van der Waals surface area contributed by atoms with Gasteiger partial charge < -0.3 is 4.74 Å². The maximum atomic E-state index is 12.4. The summed E-state index contributed by atoms with van der Waals surface area (Å²) >= 11 is 0. The molecule has 0 amide bonds. The van der Waals surface area contributed by atoms with Crippen LogP contribution in [-0.4, -0.2) is 37.8 Å². The Kier molecular flexibility index (Phi) is 6.20. The quantitative estimate of drug-likeness (QED) is 0.591. The minimum absolute atomic E-state index is 0.00324. The fourth-order valence-corrected chi connectivity index (χ4v) is 3.65. The van der Waals surface area contributed by atoms with Crippen LogP contribution in [0, 0.1) is 0 Å². The Morgan fingerprint density at radius 2 is 1.72 bits per heavy atom. The second kappa shape index (κ2) is 8.80. The average molecular weight is 413 g/mol. The van der Waals surface area contributed by atoms with E-state index in [1.165, 1.54) is 42.1 Å². The van der Waals surface area contributed by atoms with Gasteiger partial charge in [0.1, 0.15) is 0 Å². The van der Waals surface area contributed by atoms with E-state index < -0.39 is 16.0 Å². The molecule has 29 heavy (non-hydrogen) atoms. The second-order valence-electron chi connectivity index (χ2n) is 6.06. The molecule has 0 aliphatic rings. The van der Waals surface area contributed by atoms with Crippen LogP contribution in [0.3, 0.4) is 0 Å². The highest BCUT2D eigenvalue weighted by molar-refractivity contribution is 7.89. The van der Waals surface area contributed by atoms with Gasteiger partial charge in [-0.15, -0.1) is 0 Å². The second-order valence-corrected chi connectivity index (χ2v) is 7.83. The lowest BCUT2D eigenvalue weighted by molar-refractivity contribution is 0.0600. The summed E-state index contributed by atoms with van der Waals surface area (Å²) in [6.45, 7) is 0.0468. The van der Waals surface area contributed by atoms with Crippen molar-refractivity contribution in [1.29, 1.82) is 0 Å². The first kappa shape index (κ1) is 20.4. The first-order chi connectivity index (χ1) is 13.9. The number of nitrogens with zero attached hydrogens (tertiary/aromatic N) is 2. The molecule has 3 rings (SSSR count). The van der Waals surface area contributed by atoms with Gasteiger partial charge >= 0.3 is 5.97 Å². The van der Waals surface area contributed by atoms with Gasteiger partial charge in [0.15, 0.2) is 0 Å². The number of rotatable bonds is 7. The van der Waals surface area contributed by atoms with Gasteiger partial charge in [-0.1, -0.05) is 30.3 Å². The number of carbonyl (C=O) groups excluding carboxylic acids is 1. The molecule has 0 saturated heterocycles. The van der Waals surface area contributed by atoms with Gasteiger partial charge in [-0.3, -0.25) is 4.79 Å². The van der Waals surface area contributed by atoms with Crippen LogP contribution in [0.5, 0.6) is 0 Å². The lowest BCUT2D eigenvalue weighted by Crippen LogP contribution is -2.32. The highest BCUT2D eigenvalue weighted by Crippen LogP contribution is 2.14. The lowest BCUT2D eigenvalue weighted by atomic mass is 10.1. The molecule has 1 heterocycles. The van der Waals surface area contributed by atoms with Crippen molar-refractivity contribution in [1.82, 2.24) is 14.5 Å². The Balaban J connectivity index is 1.69. The van der Waals surface area contributed by atoms with Gasteiger partial charge in [0.2, 0.25) is 10.0 Å². The van der Waals surface area contributed by atoms with Crippen LogP contribution < -0.4 is 10.3 Å². The standard InChI is InChI=1S/C20H19N3O5S/c1-28-20(25)16-7-9-17(10-8-16)29(26,27)21-13-14-23-19(24)12-11-18(22-23)15-5-3-2-4-6-15/h2-12,21H,13-14H2,1H3. The van der Waals surface area contributed by atoms with Crippen LogP contribution in [0.25, 0.3) is 11.3 Å². The van der Waals surface area contributed by atoms with Crippen LogP contribution in [0.1, 0.15) is 10.4 Å². The van der Waals surface area contributed by atoms with Crippen molar-refractivity contribution in [2.24, 2.45) is 0 Å². The molecular weight excluding hydrogens is 394 g/mol. The minimum atomic E-state index is -3.80. The third-order valence-electron chi connectivity index (χ3n) is 4.14. The molecule has 3 aromatic rings. The summed E-state index contributed by atoms with van der Waals surface area (Å²) < 4.78 is 33.1. The number of benzene rings is 2. The van der Waals surface area contributed by atoms with E-state index in [1.54, 1.807) is 6.07 Å². The summed E-state index contributed by atoms with van der Waals surface area (Å²) in [6, 6.07) is 17.8. The van der Waals surface area contributed by atoms with Crippen LogP contribution in [0.4, 0.5) is 0 Å². The van der Waals surface area contributed by atoms with Gasteiger partial charge in [-0.05, 0) is 30.3 Å². The van der Waals surface area contributed by atoms with E-state index in [0.717, 1.165) is 5.56 Å². The van der Waals surface area contributed by atoms with Gasteiger partial charge in [-0.2, -0.15) is 5.10 Å². The number of aromatic nitrogens is 2. The molecule has 1 aromatic heterocycles. The lowest BCUT2D eigenvalue weighted by Gasteiger charge is -2.09. The molecule has 0 bridgehead atoms. The van der Waals surface area contributed by atoms with Gasteiger partial charge in [0, 0.05) is 18.2 Å². The zero-order valence-electron chi connectivity index (χ0n) is 15.6. The third kappa shape index (κ3) is 4.95. The predicted octanol–water partition coefficient (Wildman–Crippen LogP) is 1.68. The Morgan fingerprint density at radius 3 is 2.38 bits per heavy atom. The van der Waals surface area contributed by atoms with Crippen LogP contribution in [0.15, 0.2) is 76.4 Å². The fourth-order valence-electron chi connectivity index (χ4n) is 2.63. The number of hydrogen-bond acceptors (Lipinski definition) is 6. The summed E-state index contributed by atoms with van der Waals surface area (Å²) in [5.74, 6) is -0.550. The molecule has 1 N–H and O–H groups in total. The normalized spacial score (nSPS) is 11.2. The van der Waals surface area contributed by atoms with Crippen molar-refractivity contribution >= 4 is 16.0 Å². The Morgan fingerprint density at radius 1 is 1.03 bits per heavy atom. The predicted molar refractivity (Wildman–Crippen MR) is 107 cm³/mol. The number of methoxy groups -OCH3 is 1. The average Bonchev–Trinajstić information content (AvgIpc) is 2.75. The van der Waals surface area contributed by atoms with E-state index in [-0.39, 0.29) is 29.1 Å². The number of esters is 1. The molecule has 150 valence electrons. The number of nitrogens with one attached hydrogen (secondary N) is 1. The maximum Gasteiger partial charge on any atom is 0.337 e. The molecule has 0 aliphatic carbocycles. The molecule has 9 heteroatoms. The van der Waals surface area contributed by atoms with Crippen molar-refractivity contribution in [3.63, 3.8) is 0 Å². The molecule has 8 nitrogen and oxygen atoms in total. The first-order valence-corrected chi connectivity index (χ1v) is 10.2. The molecule has 0 unspecified atom stereocenters. The Hall–Kier alpha value is -3.30. The molecule has 0 atom stereocenters. The maximum absolute atomic E-state index is 12.4. The van der Waals surface area contributed by atoms with Crippen molar-refractivity contribution < 1.29 is 17.9 Å². The number of sulfonamides is 1. The summed E-state index contributed by atoms with van der Waals surface area (Å²) in [6.07, 6.45) is 0. The van der Waals surface area contributed by atoms with Crippen molar-refractivity contribution in [2.75, 3.05) is 13.7 Å². The fraction of sp³-hybridized carbons (Fsp3) is 0.150. The first-order valence-electron chi connectivity index (χ1n) is 8.72. The zero-order valence-corrected chi connectivity index (χ0v) is 16.4. The topological polar surface area (TPSA) is 107 Å². The Labute approximate surface area is 167 Å². The van der Waals surface area contributed by atoms with Crippen LogP contribution in [0.2, 0.25) is 0 Å². The highest BCUT2D eigenvalue weighted by atomic mass is 32.2. The highest BCUT2D eigenvalue weighted by Gasteiger charge is 2.15. The number of hydrogen-bond donors (Lipinski definition) is 1. The summed E-state index contributed by atoms with van der Waals surface area (Å²) in [5, 5.41) is 4.29. The van der Waals surface area contributed by atoms with Gasteiger partial charge in [0.25, 0.3) is 5.56 Å². The van der Waals surface area contributed by atoms with E-state index in [4.69, 9.17) is 0 Å². The van der Waals surface area contributed by atoms with E-state index in [9.17, 15) is 18.0 Å². The summed E-state index contributed by atoms with van der Waals surface area (Å²) in [5.41, 5.74) is 1.39. The SMILES string of the molecule is COC(=O)c1ccc(S(=O)(=O)NCCn2nc(-c3ccccc3)ccc2=O)cc1. The van der Waals surface area contributed by atoms with E-state index in [1.807, 2.05) is 30.3 Å². The molecular formula is C20H19N3O5S. The summed E-state index contributed by atoms with van der Waals surface area (Å²) in [7, 11) is -2.55. The monoisotopic (exact) mass is 413 g/mol. The molecule has 0 spiro atoms. The van der Waals surface area contributed by atoms with Crippen LogP contribution >= 0.6 is 0 Å². The molecule has 0 aliphatic heterocycles. The van der Waals surface area contributed by atoms with E-state index in [0.29, 0.717) is 5.69 Å². The minimum Gasteiger partial charge on any atom is -0.465 e. The largest absolute Gasteiger partial charge is 0.465 e. The van der Waals surface area contributed by atoms with E-state index in [2.05, 4.69) is 14.6 Å². The number of ether oxygens (including phenoxy) is 1. The molecule has 0 saturated carbocycles. The van der Waals surface area contributed by atoms with Gasteiger partial charge in [-0.25, -0.2) is 22.6 Å². The van der Waals surface area contributed by atoms with Crippen LogP contribution in [-0.2, 0) is 21.3 Å². The summed E-state index contributed by atoms with van der Waals surface area (Å²) in [4.78, 5) is 23.5. The molecule has 0 fully saturated rings. The smallest absolute Gasteiger partial charge is 0.337 e. The van der Waals surface area contributed by atoms with Crippen molar-refractivity contribution in [2.45, 2.75) is 11.4 Å². The number of carbonyl (C=O) groups is 1. The zero-order chi connectivity index (χ0) is 20.9. The Bertz CT molecular complexity index is 1160.